The van der Waals surface area contributed by atoms with Crippen LogP contribution in [0.1, 0.15) is 26.3 Å². The maximum absolute atomic E-state index is 15.8. The molecule has 0 aromatic heterocycles. The van der Waals surface area contributed by atoms with Crippen molar-refractivity contribution in [1.29, 1.82) is 0 Å². The number of rotatable bonds is 5. The summed E-state index contributed by atoms with van der Waals surface area (Å²) in [5, 5.41) is 11.6. The third-order valence-corrected chi connectivity index (χ3v) is 4.52. The van der Waals surface area contributed by atoms with Crippen LogP contribution in [0.15, 0.2) is 66.7 Å². The average molecular weight is 440 g/mol. The van der Waals surface area contributed by atoms with Gasteiger partial charge in [-0.25, -0.2) is 13.6 Å². The van der Waals surface area contributed by atoms with Gasteiger partial charge in [0, 0.05) is 6.07 Å². The highest BCUT2D eigenvalue weighted by atomic mass is 19.1. The fourth-order valence-electron chi connectivity index (χ4n) is 3.13. The maximum Gasteiger partial charge on any atom is 0.415 e. The van der Waals surface area contributed by atoms with Gasteiger partial charge in [-0.1, -0.05) is 42.5 Å². The van der Waals surface area contributed by atoms with Crippen LogP contribution in [0.2, 0.25) is 0 Å². The molecule has 6 nitrogen and oxygen atoms in total. The van der Waals surface area contributed by atoms with Crippen LogP contribution in [0.5, 0.6) is 0 Å². The fourth-order valence-corrected chi connectivity index (χ4v) is 3.13. The number of nitro benzene ring substituents is 1. The molecule has 0 aliphatic heterocycles. The number of hydrogen-bond acceptors (Lipinski definition) is 4. The van der Waals surface area contributed by atoms with Crippen LogP contribution in [0.3, 0.4) is 0 Å². The van der Waals surface area contributed by atoms with Crippen molar-refractivity contribution in [2.24, 2.45) is 0 Å². The number of anilines is 1. The monoisotopic (exact) mass is 440 g/mol. The summed E-state index contributed by atoms with van der Waals surface area (Å²) in [6, 6.07) is 15.8. The average Bonchev–Trinajstić information content (AvgIpc) is 2.72. The lowest BCUT2D eigenvalue weighted by Gasteiger charge is -2.28. The lowest BCUT2D eigenvalue weighted by Crippen LogP contribution is -2.37. The summed E-state index contributed by atoms with van der Waals surface area (Å²) in [7, 11) is 0. The van der Waals surface area contributed by atoms with E-state index in [0.29, 0.717) is 11.1 Å². The van der Waals surface area contributed by atoms with Gasteiger partial charge in [-0.2, -0.15) is 0 Å². The van der Waals surface area contributed by atoms with Crippen molar-refractivity contribution >= 4 is 17.5 Å². The Morgan fingerprint density at radius 2 is 1.62 bits per heavy atom. The third kappa shape index (κ3) is 5.26. The molecule has 3 rings (SSSR count). The maximum atomic E-state index is 15.8. The molecule has 0 fully saturated rings. The zero-order valence-corrected chi connectivity index (χ0v) is 17.8. The molecule has 0 unspecified atom stereocenters. The first kappa shape index (κ1) is 22.9. The molecule has 0 spiro atoms. The topological polar surface area (TPSA) is 72.7 Å². The highest BCUT2D eigenvalue weighted by Crippen LogP contribution is 2.38. The van der Waals surface area contributed by atoms with Gasteiger partial charge in [-0.3, -0.25) is 15.0 Å². The summed E-state index contributed by atoms with van der Waals surface area (Å²) in [6.07, 6.45) is -0.839. The summed E-state index contributed by atoms with van der Waals surface area (Å²) >= 11 is 0. The van der Waals surface area contributed by atoms with E-state index in [1.165, 1.54) is 30.3 Å². The molecule has 0 heterocycles. The quantitative estimate of drug-likeness (QED) is 0.336. The minimum atomic E-state index is -0.932. The van der Waals surface area contributed by atoms with Crippen LogP contribution in [-0.4, -0.2) is 16.6 Å². The van der Waals surface area contributed by atoms with E-state index in [1.807, 2.05) is 0 Å². The van der Waals surface area contributed by atoms with Gasteiger partial charge in [0.15, 0.2) is 5.82 Å². The van der Waals surface area contributed by atoms with Gasteiger partial charge in [-0.05, 0) is 50.1 Å². The molecule has 0 radical (unpaired) electrons. The molecule has 8 heteroatoms. The van der Waals surface area contributed by atoms with E-state index in [4.69, 9.17) is 4.74 Å². The Labute approximate surface area is 184 Å². The van der Waals surface area contributed by atoms with Crippen molar-refractivity contribution in [3.8, 4) is 11.1 Å². The molecule has 0 saturated heterocycles. The Bertz CT molecular complexity index is 1130. The third-order valence-electron chi connectivity index (χ3n) is 4.52. The zero-order chi connectivity index (χ0) is 23.5. The summed E-state index contributed by atoms with van der Waals surface area (Å²) < 4.78 is 34.5. The molecule has 3 aromatic carbocycles. The first-order valence-electron chi connectivity index (χ1n) is 9.84. The van der Waals surface area contributed by atoms with E-state index in [0.717, 1.165) is 11.0 Å². The summed E-state index contributed by atoms with van der Waals surface area (Å²) in [6.45, 7) is 4.88. The number of carbonyl (C=O) groups is 1. The summed E-state index contributed by atoms with van der Waals surface area (Å²) in [5.41, 5.74) is -0.893. The Balaban J connectivity index is 2.16. The van der Waals surface area contributed by atoms with E-state index < -0.39 is 33.9 Å². The van der Waals surface area contributed by atoms with E-state index >= 15 is 4.39 Å². The number of nitro groups is 1. The van der Waals surface area contributed by atoms with Crippen LogP contribution >= 0.6 is 0 Å². The summed E-state index contributed by atoms with van der Waals surface area (Å²) in [4.78, 5) is 24.9. The van der Waals surface area contributed by atoms with Crippen LogP contribution < -0.4 is 4.90 Å². The first-order valence-corrected chi connectivity index (χ1v) is 9.84. The van der Waals surface area contributed by atoms with Crippen LogP contribution in [-0.2, 0) is 11.3 Å². The Kier molecular flexibility index (Phi) is 6.53. The van der Waals surface area contributed by atoms with Crippen molar-refractivity contribution in [3.05, 3.63) is 94.0 Å². The smallest absolute Gasteiger partial charge is 0.415 e. The predicted octanol–water partition coefficient (Wildman–Crippen LogP) is 6.48. The highest BCUT2D eigenvalue weighted by molar-refractivity contribution is 5.90. The molecule has 1 amide bonds. The molecule has 32 heavy (non-hydrogen) atoms. The lowest BCUT2D eigenvalue weighted by molar-refractivity contribution is -0.384. The number of ether oxygens (including phenoxy) is 1. The number of carbonyl (C=O) groups excluding carboxylic acids is 1. The van der Waals surface area contributed by atoms with E-state index in [1.54, 1.807) is 51.1 Å². The molecular weight excluding hydrogens is 418 g/mol. The van der Waals surface area contributed by atoms with Gasteiger partial charge in [-0.15, -0.1) is 0 Å². The second kappa shape index (κ2) is 9.13. The Morgan fingerprint density at radius 3 is 2.19 bits per heavy atom. The Hall–Kier alpha value is -3.81. The van der Waals surface area contributed by atoms with Crippen molar-refractivity contribution in [1.82, 2.24) is 0 Å². The molecule has 0 N–H and O–H groups in total. The van der Waals surface area contributed by atoms with Crippen LogP contribution in [0.25, 0.3) is 11.1 Å². The second-order valence-corrected chi connectivity index (χ2v) is 8.11. The van der Waals surface area contributed by atoms with Crippen molar-refractivity contribution < 1.29 is 23.2 Å². The van der Waals surface area contributed by atoms with Crippen LogP contribution in [0.4, 0.5) is 25.0 Å². The van der Waals surface area contributed by atoms with Gasteiger partial charge in [0.05, 0.1) is 22.7 Å². The standard InChI is InChI=1S/C24H22F2N2O4/c1-24(2,3)32-23(29)27(15-16-9-11-18(25)12-10-16)20-14-13-19(28(30)31)21(22(20)26)17-7-5-4-6-8-17/h4-14H,15H2,1-3H3. The molecule has 3 aromatic rings. The number of halogens is 2. The SMILES string of the molecule is CC(C)(C)OC(=O)N(Cc1ccc(F)cc1)c1ccc([N+](=O)[O-])c(-c2ccccc2)c1F. The molecule has 0 saturated carbocycles. The van der Waals surface area contributed by atoms with Gasteiger partial charge in [0.1, 0.15) is 11.4 Å². The second-order valence-electron chi connectivity index (χ2n) is 8.11. The van der Waals surface area contributed by atoms with Crippen molar-refractivity contribution in [2.75, 3.05) is 4.90 Å². The number of nitrogens with zero attached hydrogens (tertiary/aromatic N) is 2. The van der Waals surface area contributed by atoms with E-state index in [9.17, 15) is 19.3 Å². The van der Waals surface area contributed by atoms with Gasteiger partial charge in [0.25, 0.3) is 5.69 Å². The number of hydrogen-bond donors (Lipinski definition) is 0. The molecular formula is C24H22F2N2O4. The molecule has 0 aliphatic rings. The molecule has 0 aliphatic carbocycles. The largest absolute Gasteiger partial charge is 0.443 e. The predicted molar refractivity (Wildman–Crippen MR) is 117 cm³/mol. The minimum Gasteiger partial charge on any atom is -0.443 e. The van der Waals surface area contributed by atoms with Crippen molar-refractivity contribution in [3.63, 3.8) is 0 Å². The number of benzene rings is 3. The fraction of sp³-hybridized carbons (Fsp3) is 0.208. The minimum absolute atomic E-state index is 0.127. The molecule has 0 bridgehead atoms. The van der Waals surface area contributed by atoms with Gasteiger partial charge in [0.2, 0.25) is 0 Å². The van der Waals surface area contributed by atoms with Gasteiger partial charge < -0.3 is 4.74 Å². The molecule has 166 valence electrons. The lowest BCUT2D eigenvalue weighted by atomic mass is 10.0. The van der Waals surface area contributed by atoms with Crippen molar-refractivity contribution in [2.45, 2.75) is 32.9 Å². The normalized spacial score (nSPS) is 11.2. The van der Waals surface area contributed by atoms with Gasteiger partial charge >= 0.3 is 6.09 Å². The number of amides is 1. The molecule has 0 atom stereocenters. The van der Waals surface area contributed by atoms with Crippen LogP contribution in [0, 0.1) is 21.7 Å². The Morgan fingerprint density at radius 1 is 1.00 bits per heavy atom. The zero-order valence-electron chi connectivity index (χ0n) is 17.8. The van der Waals surface area contributed by atoms with E-state index in [-0.39, 0.29) is 17.8 Å². The van der Waals surface area contributed by atoms with E-state index in [2.05, 4.69) is 0 Å². The summed E-state index contributed by atoms with van der Waals surface area (Å²) in [5.74, 6) is -1.39. The first-order chi connectivity index (χ1) is 15.1. The highest BCUT2D eigenvalue weighted by Gasteiger charge is 2.30.